The quantitative estimate of drug-likeness (QED) is 0.726. The summed E-state index contributed by atoms with van der Waals surface area (Å²) < 4.78 is 1.97. The maximum atomic E-state index is 4.15. The molecule has 74 valence electrons. The van der Waals surface area contributed by atoms with E-state index in [4.69, 9.17) is 0 Å². The SMILES string of the molecule is CCCn1nnc2cc(C)c(C)cc21. The first-order valence-electron chi connectivity index (χ1n) is 5.03. The van der Waals surface area contributed by atoms with Crippen LogP contribution in [0.3, 0.4) is 0 Å². The average Bonchev–Trinajstić information content (AvgIpc) is 2.51. The molecule has 1 heterocycles. The lowest BCUT2D eigenvalue weighted by Crippen LogP contribution is -1.98. The molecule has 0 saturated carbocycles. The van der Waals surface area contributed by atoms with E-state index in [2.05, 4.69) is 43.2 Å². The lowest BCUT2D eigenvalue weighted by molar-refractivity contribution is 0.595. The Bertz CT molecular complexity index is 457. The first-order valence-corrected chi connectivity index (χ1v) is 5.03. The fraction of sp³-hybridized carbons (Fsp3) is 0.455. The van der Waals surface area contributed by atoms with Gasteiger partial charge in [-0.2, -0.15) is 0 Å². The lowest BCUT2D eigenvalue weighted by atomic mass is 10.1. The predicted octanol–water partition coefficient (Wildman–Crippen LogP) is 2.46. The maximum absolute atomic E-state index is 4.15. The number of rotatable bonds is 2. The van der Waals surface area contributed by atoms with Crippen molar-refractivity contribution in [2.75, 3.05) is 0 Å². The van der Waals surface area contributed by atoms with Gasteiger partial charge >= 0.3 is 0 Å². The zero-order valence-electron chi connectivity index (χ0n) is 8.91. The van der Waals surface area contributed by atoms with Crippen LogP contribution in [0.1, 0.15) is 24.5 Å². The minimum atomic E-state index is 0.943. The minimum Gasteiger partial charge on any atom is -0.245 e. The topological polar surface area (TPSA) is 30.7 Å². The van der Waals surface area contributed by atoms with Gasteiger partial charge in [-0.3, -0.25) is 0 Å². The van der Waals surface area contributed by atoms with Crippen LogP contribution < -0.4 is 0 Å². The molecule has 0 radical (unpaired) electrons. The van der Waals surface area contributed by atoms with Crippen LogP contribution >= 0.6 is 0 Å². The Morgan fingerprint density at radius 1 is 1.21 bits per heavy atom. The van der Waals surface area contributed by atoms with Crippen molar-refractivity contribution in [1.29, 1.82) is 0 Å². The Hall–Kier alpha value is -1.38. The fourth-order valence-corrected chi connectivity index (χ4v) is 1.60. The Balaban J connectivity index is 2.61. The van der Waals surface area contributed by atoms with Crippen molar-refractivity contribution in [1.82, 2.24) is 15.0 Å². The third-order valence-corrected chi connectivity index (χ3v) is 2.56. The summed E-state index contributed by atoms with van der Waals surface area (Å²) in [4.78, 5) is 0. The molecule has 2 aromatic rings. The second-order valence-corrected chi connectivity index (χ2v) is 3.74. The Morgan fingerprint density at radius 3 is 2.64 bits per heavy atom. The number of fused-ring (bicyclic) bond motifs is 1. The van der Waals surface area contributed by atoms with Gasteiger partial charge in [0.05, 0.1) is 5.52 Å². The molecule has 0 aliphatic heterocycles. The lowest BCUT2D eigenvalue weighted by Gasteiger charge is -2.01. The van der Waals surface area contributed by atoms with Crippen molar-refractivity contribution in [3.8, 4) is 0 Å². The van der Waals surface area contributed by atoms with Gasteiger partial charge in [0.1, 0.15) is 5.52 Å². The van der Waals surface area contributed by atoms with Crippen LogP contribution in [-0.2, 0) is 6.54 Å². The first-order chi connectivity index (χ1) is 6.72. The number of aromatic nitrogens is 3. The molecule has 14 heavy (non-hydrogen) atoms. The van der Waals surface area contributed by atoms with Crippen LogP contribution in [0.5, 0.6) is 0 Å². The van der Waals surface area contributed by atoms with E-state index in [9.17, 15) is 0 Å². The Morgan fingerprint density at radius 2 is 1.93 bits per heavy atom. The van der Waals surface area contributed by atoms with Crippen molar-refractivity contribution in [3.05, 3.63) is 23.3 Å². The van der Waals surface area contributed by atoms with Crippen molar-refractivity contribution in [3.63, 3.8) is 0 Å². The van der Waals surface area contributed by atoms with E-state index in [1.807, 2.05) is 4.68 Å². The minimum absolute atomic E-state index is 0.943. The maximum Gasteiger partial charge on any atom is 0.113 e. The van der Waals surface area contributed by atoms with Crippen LogP contribution in [0.25, 0.3) is 11.0 Å². The van der Waals surface area contributed by atoms with E-state index in [0.29, 0.717) is 0 Å². The van der Waals surface area contributed by atoms with Crippen LogP contribution in [-0.4, -0.2) is 15.0 Å². The molecule has 0 N–H and O–H groups in total. The molecule has 1 aromatic heterocycles. The Labute approximate surface area is 83.7 Å². The summed E-state index contributed by atoms with van der Waals surface area (Å²) in [5.74, 6) is 0. The van der Waals surface area contributed by atoms with Crippen molar-refractivity contribution >= 4 is 11.0 Å². The van der Waals surface area contributed by atoms with Crippen LogP contribution in [0.4, 0.5) is 0 Å². The fourth-order valence-electron chi connectivity index (χ4n) is 1.60. The highest BCUT2D eigenvalue weighted by atomic mass is 15.4. The molecule has 0 fully saturated rings. The summed E-state index contributed by atoms with van der Waals surface area (Å²) in [6.07, 6.45) is 1.09. The van der Waals surface area contributed by atoms with E-state index in [0.717, 1.165) is 24.0 Å². The van der Waals surface area contributed by atoms with E-state index < -0.39 is 0 Å². The van der Waals surface area contributed by atoms with Crippen LogP contribution in [0.15, 0.2) is 12.1 Å². The molecule has 0 amide bonds. The molecule has 0 atom stereocenters. The molecular weight excluding hydrogens is 174 g/mol. The molecule has 0 unspecified atom stereocenters. The highest BCUT2D eigenvalue weighted by molar-refractivity contribution is 5.76. The van der Waals surface area contributed by atoms with Gasteiger partial charge in [-0.25, -0.2) is 4.68 Å². The number of hydrogen-bond acceptors (Lipinski definition) is 2. The predicted molar refractivity (Wildman–Crippen MR) is 57.3 cm³/mol. The van der Waals surface area contributed by atoms with Gasteiger partial charge in [0.15, 0.2) is 0 Å². The van der Waals surface area contributed by atoms with E-state index in [1.54, 1.807) is 0 Å². The van der Waals surface area contributed by atoms with Crippen molar-refractivity contribution in [2.24, 2.45) is 0 Å². The van der Waals surface area contributed by atoms with Crippen LogP contribution in [0, 0.1) is 13.8 Å². The average molecular weight is 189 g/mol. The third kappa shape index (κ3) is 1.39. The van der Waals surface area contributed by atoms with Gasteiger partial charge in [0.25, 0.3) is 0 Å². The molecule has 1 aromatic carbocycles. The zero-order chi connectivity index (χ0) is 10.1. The number of benzene rings is 1. The zero-order valence-corrected chi connectivity index (χ0v) is 8.91. The van der Waals surface area contributed by atoms with Gasteiger partial charge in [-0.05, 0) is 43.5 Å². The third-order valence-electron chi connectivity index (χ3n) is 2.56. The second-order valence-electron chi connectivity index (χ2n) is 3.74. The molecule has 2 rings (SSSR count). The van der Waals surface area contributed by atoms with E-state index >= 15 is 0 Å². The molecule has 0 aliphatic carbocycles. The molecule has 3 heteroatoms. The second kappa shape index (κ2) is 3.40. The highest BCUT2D eigenvalue weighted by Crippen LogP contribution is 2.17. The molecule has 3 nitrogen and oxygen atoms in total. The molecule has 0 bridgehead atoms. The molecule has 0 spiro atoms. The summed E-state index contributed by atoms with van der Waals surface area (Å²) in [5.41, 5.74) is 4.73. The number of hydrogen-bond donors (Lipinski definition) is 0. The highest BCUT2D eigenvalue weighted by Gasteiger charge is 2.05. The smallest absolute Gasteiger partial charge is 0.113 e. The van der Waals surface area contributed by atoms with Crippen LogP contribution in [0.2, 0.25) is 0 Å². The van der Waals surface area contributed by atoms with Crippen molar-refractivity contribution < 1.29 is 0 Å². The summed E-state index contributed by atoms with van der Waals surface area (Å²) in [6, 6.07) is 4.27. The number of aryl methyl sites for hydroxylation is 3. The monoisotopic (exact) mass is 189 g/mol. The molecule has 0 saturated heterocycles. The largest absolute Gasteiger partial charge is 0.245 e. The van der Waals surface area contributed by atoms with Gasteiger partial charge in [-0.15, -0.1) is 5.10 Å². The van der Waals surface area contributed by atoms with Gasteiger partial charge in [0.2, 0.25) is 0 Å². The van der Waals surface area contributed by atoms with E-state index in [-0.39, 0.29) is 0 Å². The Kier molecular flexibility index (Phi) is 2.23. The molecular formula is C11H15N3. The first kappa shape index (κ1) is 9.19. The summed E-state index contributed by atoms with van der Waals surface area (Å²) in [6.45, 7) is 7.32. The molecule has 0 aliphatic rings. The standard InChI is InChI=1S/C11H15N3/c1-4-5-14-11-7-9(3)8(2)6-10(11)12-13-14/h6-7H,4-5H2,1-3H3. The van der Waals surface area contributed by atoms with Gasteiger partial charge in [0, 0.05) is 6.54 Å². The summed E-state index contributed by atoms with van der Waals surface area (Å²) >= 11 is 0. The van der Waals surface area contributed by atoms with E-state index in [1.165, 1.54) is 11.1 Å². The van der Waals surface area contributed by atoms with Crippen molar-refractivity contribution in [2.45, 2.75) is 33.7 Å². The summed E-state index contributed by atoms with van der Waals surface area (Å²) in [7, 11) is 0. The normalized spacial score (nSPS) is 11.1. The van der Waals surface area contributed by atoms with Gasteiger partial charge < -0.3 is 0 Å². The summed E-state index contributed by atoms with van der Waals surface area (Å²) in [5, 5.41) is 8.29. The number of nitrogens with zero attached hydrogens (tertiary/aromatic N) is 3. The van der Waals surface area contributed by atoms with Gasteiger partial charge in [-0.1, -0.05) is 12.1 Å².